The first-order valence-electron chi connectivity index (χ1n) is 17.7. The van der Waals surface area contributed by atoms with Crippen LogP contribution in [-0.4, -0.2) is 95.1 Å². The summed E-state index contributed by atoms with van der Waals surface area (Å²) < 4.78 is 14.6. The molecule has 3 saturated carbocycles. The first-order valence-corrected chi connectivity index (χ1v) is 17.7. The Hall–Kier alpha value is -1.66. The highest BCUT2D eigenvalue weighted by Crippen LogP contribution is 2.69. The van der Waals surface area contributed by atoms with Crippen LogP contribution in [0.2, 0.25) is 0 Å². The van der Waals surface area contributed by atoms with Gasteiger partial charge in [-0.1, -0.05) is 36.3 Å². The van der Waals surface area contributed by atoms with Gasteiger partial charge in [-0.15, -0.1) is 5.10 Å². The third kappa shape index (κ3) is 4.12. The van der Waals surface area contributed by atoms with E-state index in [4.69, 9.17) is 9.47 Å². The van der Waals surface area contributed by atoms with Crippen molar-refractivity contribution in [3.8, 4) is 0 Å². The predicted molar refractivity (Wildman–Crippen MR) is 163 cm³/mol. The number of aliphatic hydroxyl groups excluding tert-OH is 4. The van der Waals surface area contributed by atoms with Gasteiger partial charge in [0.1, 0.15) is 18.3 Å². The summed E-state index contributed by atoms with van der Waals surface area (Å²) >= 11 is 0. The number of allylic oxidation sites excluding steroid dienone is 2. The Kier molecular flexibility index (Phi) is 6.66. The lowest BCUT2D eigenvalue weighted by molar-refractivity contribution is -0.243. The summed E-state index contributed by atoms with van der Waals surface area (Å²) in [5, 5.41) is 50.2. The molecule has 3 saturated heterocycles. The number of aliphatic hydroxyl groups is 4. The quantitative estimate of drug-likeness (QED) is 0.376. The Morgan fingerprint density at radius 1 is 1.00 bits per heavy atom. The second-order valence-corrected chi connectivity index (χ2v) is 16.4. The lowest BCUT2D eigenvalue weighted by Gasteiger charge is -2.54. The van der Waals surface area contributed by atoms with Crippen molar-refractivity contribution < 1.29 is 29.9 Å². The lowest BCUT2D eigenvalue weighted by Crippen LogP contribution is -2.57. The van der Waals surface area contributed by atoms with Gasteiger partial charge in [-0.05, 0) is 99.4 Å². The fourth-order valence-corrected chi connectivity index (χ4v) is 11.9. The summed E-state index contributed by atoms with van der Waals surface area (Å²) in [6.07, 6.45) is 9.09. The van der Waals surface area contributed by atoms with E-state index in [-0.39, 0.29) is 23.2 Å². The van der Waals surface area contributed by atoms with Gasteiger partial charge in [0.15, 0.2) is 6.23 Å². The first kappa shape index (κ1) is 29.5. The van der Waals surface area contributed by atoms with Crippen molar-refractivity contribution in [2.75, 3.05) is 6.54 Å². The van der Waals surface area contributed by atoms with Crippen LogP contribution < -0.4 is 0 Å². The van der Waals surface area contributed by atoms with Crippen LogP contribution in [0.15, 0.2) is 29.0 Å². The molecule has 0 aromatic carbocycles. The summed E-state index contributed by atoms with van der Waals surface area (Å²) in [6.45, 7) is 8.16. The number of hydrogen-bond donors (Lipinski definition) is 4. The van der Waals surface area contributed by atoms with Gasteiger partial charge >= 0.3 is 0 Å². The zero-order valence-electron chi connectivity index (χ0n) is 26.8. The minimum Gasteiger partial charge on any atom is -0.393 e. The van der Waals surface area contributed by atoms with E-state index in [1.54, 1.807) is 18.1 Å². The topological polar surface area (TPSA) is 133 Å². The zero-order chi connectivity index (χ0) is 31.0. The summed E-state index contributed by atoms with van der Waals surface area (Å²) in [4.78, 5) is 2.58. The second kappa shape index (κ2) is 10.2. The molecule has 1 aromatic rings. The van der Waals surface area contributed by atoms with Crippen molar-refractivity contribution in [3.05, 3.63) is 34.7 Å². The molecule has 1 aromatic heterocycles. The summed E-state index contributed by atoms with van der Waals surface area (Å²) in [7, 11) is 0. The van der Waals surface area contributed by atoms with E-state index in [9.17, 15) is 20.4 Å². The Morgan fingerprint density at radius 2 is 1.84 bits per heavy atom. The molecule has 4 unspecified atom stereocenters. The van der Waals surface area contributed by atoms with Crippen molar-refractivity contribution >= 4 is 0 Å². The molecule has 5 aliphatic carbocycles. The minimum absolute atomic E-state index is 0.0956. The average molecular weight is 623 g/mol. The highest BCUT2D eigenvalue weighted by Gasteiger charge is 2.68. The Morgan fingerprint density at radius 3 is 2.69 bits per heavy atom. The van der Waals surface area contributed by atoms with Crippen molar-refractivity contribution in [1.29, 1.82) is 0 Å². The second-order valence-electron chi connectivity index (χ2n) is 16.4. The molecular weight excluding hydrogens is 572 g/mol. The fraction of sp³-hybridized carbons (Fsp3) is 0.829. The largest absolute Gasteiger partial charge is 0.393 e. The molecule has 4 heterocycles. The number of rotatable bonds is 3. The number of ether oxygens (including phenoxy) is 2. The maximum absolute atomic E-state index is 10.6. The molecular formula is C35H50N4O6. The van der Waals surface area contributed by atoms with Gasteiger partial charge in [-0.2, -0.15) is 0 Å². The van der Waals surface area contributed by atoms with Crippen LogP contribution in [0.1, 0.15) is 90.5 Å². The summed E-state index contributed by atoms with van der Waals surface area (Å²) in [5.74, 6) is 3.17. The lowest BCUT2D eigenvalue weighted by atomic mass is 9.54. The molecule has 1 spiro atoms. The van der Waals surface area contributed by atoms with Crippen LogP contribution in [0.3, 0.4) is 0 Å². The number of piperidine rings is 1. The fourth-order valence-electron chi connectivity index (χ4n) is 11.9. The molecule has 15 atom stereocenters. The third-order valence-electron chi connectivity index (χ3n) is 14.1. The summed E-state index contributed by atoms with van der Waals surface area (Å²) in [6, 6.07) is 0.357. The van der Waals surface area contributed by atoms with Gasteiger partial charge in [0.05, 0.1) is 35.8 Å². The molecule has 10 heteroatoms. The van der Waals surface area contributed by atoms with E-state index < -0.39 is 30.6 Å². The molecule has 45 heavy (non-hydrogen) atoms. The van der Waals surface area contributed by atoms with Gasteiger partial charge in [0.2, 0.25) is 0 Å². The van der Waals surface area contributed by atoms with E-state index >= 15 is 0 Å². The first-order chi connectivity index (χ1) is 21.6. The normalized spacial score (nSPS) is 52.2. The van der Waals surface area contributed by atoms with Crippen molar-refractivity contribution in [2.24, 2.45) is 35.0 Å². The van der Waals surface area contributed by atoms with E-state index in [1.807, 2.05) is 6.20 Å². The van der Waals surface area contributed by atoms with E-state index in [1.165, 1.54) is 29.5 Å². The van der Waals surface area contributed by atoms with Crippen molar-refractivity contribution in [2.45, 2.75) is 140 Å². The van der Waals surface area contributed by atoms with Gasteiger partial charge < -0.3 is 29.9 Å². The molecule has 0 radical (unpaired) electrons. The Bertz CT molecular complexity index is 1430. The van der Waals surface area contributed by atoms with Crippen LogP contribution >= 0.6 is 0 Å². The highest BCUT2D eigenvalue weighted by atomic mass is 16.5. The average Bonchev–Trinajstić information content (AvgIpc) is 3.67. The molecule has 8 aliphatic rings. The van der Waals surface area contributed by atoms with Crippen LogP contribution in [0.25, 0.3) is 0 Å². The van der Waals surface area contributed by atoms with E-state index in [2.05, 4.69) is 35.1 Å². The standard InChI is InChI=1S/C35H50N4O6/c1-17-10-28-29(38(14-17)15-20-16-39(37-36-20)33-32(43)31(42)30(41)18(2)44-33)27-13-26-24-12-25-23(22(24)7-9-35(26,27)45-28)5-4-19-11-21(40)6-8-34(19,25)3/h4,16-18,21-23,25,27-33,40-43H,5-15H2,1-3H3/t17-,18?,21-,22-,23-,25-,27+,28+,29-,30-,31?,32?,33?,34-,35-/m0/s1. The Labute approximate surface area is 265 Å². The van der Waals surface area contributed by atoms with Gasteiger partial charge in [-0.3, -0.25) is 4.90 Å². The van der Waals surface area contributed by atoms with Gasteiger partial charge in [0, 0.05) is 25.0 Å². The number of aromatic nitrogens is 3. The maximum atomic E-state index is 10.6. The molecule has 9 rings (SSSR count). The molecule has 4 N–H and O–H groups in total. The SMILES string of the molecule is CC1OC(n2cc(CN3C[C@@H](C)C[C@H]4O[C@@]56CC[C@@H]7C(=C5C[C@@H]6[C@@H]43)C[C@H]3[C@H]7CC=C4C[C@@H](O)CC[C@@]43C)nn2)C(O)C(O)[C@H]1O. The van der Waals surface area contributed by atoms with Gasteiger partial charge in [0.25, 0.3) is 0 Å². The maximum Gasteiger partial charge on any atom is 0.180 e. The minimum atomic E-state index is -1.31. The smallest absolute Gasteiger partial charge is 0.180 e. The van der Waals surface area contributed by atoms with Crippen LogP contribution in [-0.2, 0) is 16.0 Å². The molecule has 0 amide bonds. The number of likely N-dealkylation sites (tertiary alicyclic amines) is 1. The van der Waals surface area contributed by atoms with E-state index in [0.717, 1.165) is 56.7 Å². The van der Waals surface area contributed by atoms with Crippen LogP contribution in [0.5, 0.6) is 0 Å². The molecule has 3 aliphatic heterocycles. The monoisotopic (exact) mass is 622 g/mol. The van der Waals surface area contributed by atoms with Crippen molar-refractivity contribution in [3.63, 3.8) is 0 Å². The highest BCUT2D eigenvalue weighted by molar-refractivity contribution is 5.45. The third-order valence-corrected chi connectivity index (χ3v) is 14.1. The molecule has 10 nitrogen and oxygen atoms in total. The molecule has 0 bridgehead atoms. The molecule has 6 fully saturated rings. The van der Waals surface area contributed by atoms with Gasteiger partial charge in [-0.25, -0.2) is 4.68 Å². The number of nitrogens with zero attached hydrogens (tertiary/aromatic N) is 4. The predicted octanol–water partition coefficient (Wildman–Crippen LogP) is 2.87. The number of fused-ring (bicyclic) bond motifs is 7. The van der Waals surface area contributed by atoms with Crippen LogP contribution in [0.4, 0.5) is 0 Å². The zero-order valence-corrected chi connectivity index (χ0v) is 26.8. The van der Waals surface area contributed by atoms with E-state index in [0.29, 0.717) is 36.3 Å². The van der Waals surface area contributed by atoms with Crippen LogP contribution in [0, 0.1) is 35.0 Å². The number of hydrogen-bond acceptors (Lipinski definition) is 9. The summed E-state index contributed by atoms with van der Waals surface area (Å²) in [5.41, 5.74) is 5.90. The molecule has 246 valence electrons. The van der Waals surface area contributed by atoms with Crippen molar-refractivity contribution in [1.82, 2.24) is 19.9 Å². The Balaban J connectivity index is 0.954.